The number of benzene rings is 2. The minimum atomic E-state index is -2.65. The second-order valence-corrected chi connectivity index (χ2v) is 10.6. The predicted octanol–water partition coefficient (Wildman–Crippen LogP) is 3.70. The summed E-state index contributed by atoms with van der Waals surface area (Å²) in [5.74, 6) is 2.39. The third-order valence-corrected chi connectivity index (χ3v) is 9.64. The minimum absolute atomic E-state index is 0.610. The highest BCUT2D eigenvalue weighted by Gasteiger charge is 2.39. The summed E-state index contributed by atoms with van der Waals surface area (Å²) in [6, 6.07) is 22.1. The smallest absolute Gasteiger partial charge is 0.374 e. The highest BCUT2D eigenvalue weighted by molar-refractivity contribution is 7.72. The molecule has 5 heteroatoms. The summed E-state index contributed by atoms with van der Waals surface area (Å²) in [7, 11) is -3.67. The van der Waals surface area contributed by atoms with E-state index in [1.807, 2.05) is 20.8 Å². The van der Waals surface area contributed by atoms with Crippen LogP contribution in [0.5, 0.6) is 0 Å². The molecule has 25 heavy (non-hydrogen) atoms. The van der Waals surface area contributed by atoms with Gasteiger partial charge >= 0.3 is 8.80 Å². The average molecular weight is 377 g/mol. The van der Waals surface area contributed by atoms with E-state index in [-0.39, 0.29) is 0 Å². The first kappa shape index (κ1) is 20.2. The molecule has 0 saturated heterocycles. The van der Waals surface area contributed by atoms with E-state index in [0.29, 0.717) is 19.8 Å². The summed E-state index contributed by atoms with van der Waals surface area (Å²) in [5.41, 5.74) is 0. The lowest BCUT2D eigenvalue weighted by atomic mass is 10.4. The Morgan fingerprint density at radius 3 is 1.48 bits per heavy atom. The summed E-state index contributed by atoms with van der Waals surface area (Å²) in [5, 5.41) is 2.73. The first-order valence-corrected chi connectivity index (χ1v) is 12.5. The van der Waals surface area contributed by atoms with Crippen LogP contribution in [0.4, 0.5) is 0 Å². The van der Waals surface area contributed by atoms with Gasteiger partial charge in [-0.2, -0.15) is 0 Å². The van der Waals surface area contributed by atoms with Crippen molar-refractivity contribution in [3.8, 4) is 0 Å². The fourth-order valence-electron chi connectivity index (χ4n) is 2.83. The molecule has 0 heterocycles. The van der Waals surface area contributed by atoms with E-state index in [1.54, 1.807) is 0 Å². The molecule has 2 aromatic carbocycles. The molecule has 0 atom stereocenters. The van der Waals surface area contributed by atoms with Crippen LogP contribution in [-0.4, -0.2) is 34.4 Å². The van der Waals surface area contributed by atoms with Gasteiger partial charge in [0.25, 0.3) is 0 Å². The van der Waals surface area contributed by atoms with Gasteiger partial charge < -0.3 is 13.3 Å². The van der Waals surface area contributed by atoms with Gasteiger partial charge in [0, 0.05) is 25.9 Å². The van der Waals surface area contributed by atoms with E-state index in [4.69, 9.17) is 13.3 Å². The quantitative estimate of drug-likeness (QED) is 0.467. The lowest BCUT2D eigenvalue weighted by Crippen LogP contribution is -2.46. The fraction of sp³-hybridized carbons (Fsp3) is 0.350. The Kier molecular flexibility index (Phi) is 8.66. The van der Waals surface area contributed by atoms with Gasteiger partial charge in [0.05, 0.1) is 0 Å². The maximum atomic E-state index is 6.01. The van der Waals surface area contributed by atoms with Crippen molar-refractivity contribution in [2.45, 2.75) is 26.8 Å². The Labute approximate surface area is 153 Å². The molecule has 0 N–H and O–H groups in total. The third-order valence-electron chi connectivity index (χ3n) is 3.82. The first-order chi connectivity index (χ1) is 12.2. The second kappa shape index (κ2) is 10.7. The highest BCUT2D eigenvalue weighted by atomic mass is 31.1. The molecule has 0 spiro atoms. The summed E-state index contributed by atoms with van der Waals surface area (Å²) < 4.78 is 18.0. The molecule has 3 nitrogen and oxygen atoms in total. The lowest BCUT2D eigenvalue weighted by molar-refractivity contribution is 0.0757. The van der Waals surface area contributed by atoms with Gasteiger partial charge in [-0.1, -0.05) is 74.0 Å². The molecule has 0 bridgehead atoms. The van der Waals surface area contributed by atoms with Crippen molar-refractivity contribution in [2.75, 3.05) is 19.8 Å². The van der Waals surface area contributed by atoms with Crippen molar-refractivity contribution < 1.29 is 13.3 Å². The Balaban J connectivity index is 2.38. The predicted molar refractivity (Wildman–Crippen MR) is 112 cm³/mol. The van der Waals surface area contributed by atoms with Crippen LogP contribution in [0.25, 0.3) is 0 Å². The summed E-state index contributed by atoms with van der Waals surface area (Å²) in [6.07, 6.45) is 0. The molecule has 2 aromatic rings. The Morgan fingerprint density at radius 1 is 0.720 bits per heavy atom. The molecule has 0 aromatic heterocycles. The van der Waals surface area contributed by atoms with Crippen LogP contribution in [0.1, 0.15) is 20.8 Å². The standard InChI is InChI=1S/C20H29O3PSi/c1-4-21-25(22-5-2,23-6-3)18-17-24(19-13-9-7-10-14-19)20-15-11-8-12-16-20/h7-17,24H,4-6,18H2,1-3H3. The average Bonchev–Trinajstić information content (AvgIpc) is 2.64. The van der Waals surface area contributed by atoms with Crippen molar-refractivity contribution >= 4 is 32.8 Å². The van der Waals surface area contributed by atoms with Gasteiger partial charge in [-0.15, -0.1) is 0 Å². The number of rotatable bonds is 10. The first-order valence-electron chi connectivity index (χ1n) is 8.97. The maximum Gasteiger partial charge on any atom is 0.504 e. The van der Waals surface area contributed by atoms with Gasteiger partial charge in [0.1, 0.15) is 0 Å². The zero-order chi connectivity index (χ0) is 18.0. The van der Waals surface area contributed by atoms with Crippen molar-refractivity contribution in [1.82, 2.24) is 0 Å². The van der Waals surface area contributed by atoms with Gasteiger partial charge in [0.15, 0.2) is 0 Å². The molecule has 0 unspecified atom stereocenters. The largest absolute Gasteiger partial charge is 0.504 e. The van der Waals surface area contributed by atoms with Crippen LogP contribution < -0.4 is 10.6 Å². The van der Waals surface area contributed by atoms with Gasteiger partial charge in [-0.25, -0.2) is 0 Å². The second-order valence-electron chi connectivity index (χ2n) is 5.54. The monoisotopic (exact) mass is 376 g/mol. The topological polar surface area (TPSA) is 27.7 Å². The molecule has 2 rings (SSSR count). The molecule has 0 saturated carbocycles. The van der Waals surface area contributed by atoms with Crippen molar-refractivity contribution in [3.05, 3.63) is 60.7 Å². The molecule has 0 radical (unpaired) electrons. The zero-order valence-corrected chi connectivity index (χ0v) is 17.4. The van der Waals surface area contributed by atoms with Crippen LogP contribution in [0.15, 0.2) is 60.7 Å². The minimum Gasteiger partial charge on any atom is -0.374 e. The molecule has 0 amide bonds. The van der Waals surface area contributed by atoms with Crippen molar-refractivity contribution in [3.63, 3.8) is 0 Å². The van der Waals surface area contributed by atoms with Crippen molar-refractivity contribution in [1.29, 1.82) is 0 Å². The van der Waals surface area contributed by atoms with E-state index in [1.165, 1.54) is 10.6 Å². The van der Waals surface area contributed by atoms with Crippen LogP contribution >= 0.6 is 7.55 Å². The Hall–Kier alpha value is -1.16. The molecular formula is C20H29O3PSi. The van der Waals surface area contributed by atoms with E-state index in [0.717, 1.165) is 6.04 Å². The van der Waals surface area contributed by atoms with Crippen LogP contribution in [-0.2, 0) is 13.3 Å². The molecule has 0 aliphatic heterocycles. The highest BCUT2D eigenvalue weighted by Crippen LogP contribution is 2.24. The molecule has 0 fully saturated rings. The SMILES string of the molecule is CCO[Si](CC=[PH](c1ccccc1)c1ccccc1)(OCC)OCC. The van der Waals surface area contributed by atoms with E-state index in [9.17, 15) is 0 Å². The van der Waals surface area contributed by atoms with Crippen LogP contribution in [0.2, 0.25) is 6.04 Å². The van der Waals surface area contributed by atoms with E-state index < -0.39 is 16.3 Å². The number of hydrogen-bond donors (Lipinski definition) is 0. The third kappa shape index (κ3) is 5.95. The van der Waals surface area contributed by atoms with Crippen molar-refractivity contribution in [2.24, 2.45) is 0 Å². The number of hydrogen-bond acceptors (Lipinski definition) is 3. The maximum absolute atomic E-state index is 6.01. The zero-order valence-electron chi connectivity index (χ0n) is 15.4. The van der Waals surface area contributed by atoms with E-state index in [2.05, 4.69) is 66.5 Å². The molecule has 0 aliphatic rings. The molecule has 136 valence electrons. The normalized spacial score (nSPS) is 11.7. The summed E-state index contributed by atoms with van der Waals surface area (Å²) in [4.78, 5) is 0. The molecule has 0 aliphatic carbocycles. The fourth-order valence-corrected chi connectivity index (χ4v) is 8.47. The lowest BCUT2D eigenvalue weighted by Gasteiger charge is -2.28. The van der Waals surface area contributed by atoms with Crippen LogP contribution in [0, 0.1) is 0 Å². The van der Waals surface area contributed by atoms with Crippen LogP contribution in [0.3, 0.4) is 0 Å². The van der Waals surface area contributed by atoms with Gasteiger partial charge in [-0.3, -0.25) is 0 Å². The summed E-state index contributed by atoms with van der Waals surface area (Å²) >= 11 is 0. The summed E-state index contributed by atoms with van der Waals surface area (Å²) in [6.45, 7) is 7.83. The van der Waals surface area contributed by atoms with E-state index >= 15 is 0 Å². The Morgan fingerprint density at radius 2 is 1.12 bits per heavy atom. The molecular weight excluding hydrogens is 347 g/mol. The Bertz CT molecular complexity index is 588. The van der Waals surface area contributed by atoms with Gasteiger partial charge in [-0.05, 0) is 31.4 Å². The van der Waals surface area contributed by atoms with Gasteiger partial charge in [0.2, 0.25) is 0 Å².